The molecule has 26 heavy (non-hydrogen) atoms. The van der Waals surface area contributed by atoms with Crippen LogP contribution < -0.4 is 15.5 Å². The summed E-state index contributed by atoms with van der Waals surface area (Å²) in [6.07, 6.45) is 1.84. The second kappa shape index (κ2) is 7.60. The van der Waals surface area contributed by atoms with Crippen LogP contribution in [0.5, 0.6) is 0 Å². The lowest BCUT2D eigenvalue weighted by atomic mass is 9.99. The minimum Gasteiger partial charge on any atom is -0.312 e. The predicted octanol–water partition coefficient (Wildman–Crippen LogP) is 4.57. The van der Waals surface area contributed by atoms with Gasteiger partial charge in [-0.25, -0.2) is 4.79 Å². The maximum Gasteiger partial charge on any atom is 0.323 e. The Kier molecular flexibility index (Phi) is 5.26. The fourth-order valence-electron chi connectivity index (χ4n) is 3.15. The van der Waals surface area contributed by atoms with Gasteiger partial charge in [-0.1, -0.05) is 31.5 Å². The molecule has 2 aromatic carbocycles. The van der Waals surface area contributed by atoms with Crippen molar-refractivity contribution in [3.05, 3.63) is 53.6 Å². The average molecular weight is 351 g/mol. The van der Waals surface area contributed by atoms with Gasteiger partial charge in [-0.2, -0.15) is 0 Å². The van der Waals surface area contributed by atoms with E-state index in [4.69, 9.17) is 0 Å². The first-order chi connectivity index (χ1) is 12.4. The quantitative estimate of drug-likeness (QED) is 0.850. The van der Waals surface area contributed by atoms with Crippen LogP contribution in [0.4, 0.5) is 21.9 Å². The van der Waals surface area contributed by atoms with Crippen LogP contribution in [-0.4, -0.2) is 18.5 Å². The van der Waals surface area contributed by atoms with Gasteiger partial charge in [-0.05, 0) is 55.7 Å². The van der Waals surface area contributed by atoms with E-state index in [9.17, 15) is 9.59 Å². The van der Waals surface area contributed by atoms with Crippen molar-refractivity contribution in [1.82, 2.24) is 0 Å². The topological polar surface area (TPSA) is 61.4 Å². The molecule has 2 N–H and O–H groups in total. The third kappa shape index (κ3) is 4.04. The monoisotopic (exact) mass is 351 g/mol. The number of aryl methyl sites for hydroxylation is 2. The lowest BCUT2D eigenvalue weighted by Gasteiger charge is -2.31. The largest absolute Gasteiger partial charge is 0.323 e. The van der Waals surface area contributed by atoms with Crippen LogP contribution in [-0.2, 0) is 11.2 Å². The van der Waals surface area contributed by atoms with E-state index in [1.165, 1.54) is 0 Å². The molecule has 0 fully saturated rings. The highest BCUT2D eigenvalue weighted by atomic mass is 16.2. The van der Waals surface area contributed by atoms with Gasteiger partial charge in [0.05, 0.1) is 0 Å². The molecular formula is C21H25N3O2. The Balaban J connectivity index is 1.71. The van der Waals surface area contributed by atoms with E-state index >= 15 is 0 Å². The van der Waals surface area contributed by atoms with Gasteiger partial charge in [0, 0.05) is 29.5 Å². The van der Waals surface area contributed by atoms with E-state index in [2.05, 4.69) is 10.6 Å². The molecule has 1 aliphatic heterocycles. The summed E-state index contributed by atoms with van der Waals surface area (Å²) in [5.41, 5.74) is 4.68. The molecule has 0 bridgehead atoms. The van der Waals surface area contributed by atoms with Gasteiger partial charge in [-0.15, -0.1) is 0 Å². The normalized spacial score (nSPS) is 13.3. The molecule has 0 saturated heterocycles. The number of fused-ring (bicyclic) bond motifs is 1. The van der Waals surface area contributed by atoms with Crippen LogP contribution in [0.15, 0.2) is 42.5 Å². The van der Waals surface area contributed by atoms with Crippen molar-refractivity contribution < 1.29 is 9.59 Å². The molecule has 2 aromatic rings. The van der Waals surface area contributed by atoms with Crippen LogP contribution in [0.3, 0.4) is 0 Å². The van der Waals surface area contributed by atoms with Gasteiger partial charge in [0.2, 0.25) is 5.91 Å². The third-order valence-corrected chi connectivity index (χ3v) is 4.53. The average Bonchev–Trinajstić information content (AvgIpc) is 2.62. The van der Waals surface area contributed by atoms with Gasteiger partial charge in [-0.3, -0.25) is 4.79 Å². The van der Waals surface area contributed by atoms with Gasteiger partial charge in [0.1, 0.15) is 0 Å². The lowest BCUT2D eigenvalue weighted by molar-refractivity contribution is -0.121. The van der Waals surface area contributed by atoms with E-state index in [0.717, 1.165) is 47.6 Å². The molecular weight excluding hydrogens is 326 g/mol. The van der Waals surface area contributed by atoms with Gasteiger partial charge in [0.15, 0.2) is 0 Å². The number of hydrogen-bond acceptors (Lipinski definition) is 2. The molecule has 0 unspecified atom stereocenters. The van der Waals surface area contributed by atoms with Crippen molar-refractivity contribution in [2.24, 2.45) is 5.92 Å². The maximum atomic E-state index is 12.4. The molecule has 0 spiro atoms. The van der Waals surface area contributed by atoms with E-state index < -0.39 is 0 Å². The summed E-state index contributed by atoms with van der Waals surface area (Å²) in [7, 11) is 0. The molecule has 0 aromatic heterocycles. The van der Waals surface area contributed by atoms with E-state index in [1.807, 2.05) is 68.1 Å². The Morgan fingerprint density at radius 2 is 1.65 bits per heavy atom. The van der Waals surface area contributed by atoms with Crippen LogP contribution in [0.25, 0.3) is 0 Å². The van der Waals surface area contributed by atoms with Crippen LogP contribution in [0, 0.1) is 12.8 Å². The summed E-state index contributed by atoms with van der Waals surface area (Å²) < 4.78 is 0. The molecule has 0 atom stereocenters. The van der Waals surface area contributed by atoms with E-state index in [-0.39, 0.29) is 17.9 Å². The van der Waals surface area contributed by atoms with E-state index in [0.29, 0.717) is 0 Å². The van der Waals surface area contributed by atoms with Crippen molar-refractivity contribution >= 4 is 29.0 Å². The first-order valence-corrected chi connectivity index (χ1v) is 9.03. The summed E-state index contributed by atoms with van der Waals surface area (Å²) in [6, 6.07) is 13.1. The predicted molar refractivity (Wildman–Crippen MR) is 106 cm³/mol. The summed E-state index contributed by atoms with van der Waals surface area (Å²) in [5, 5.41) is 5.69. The standard InChI is InChI=1S/C21H25N3O2/c1-14(2)20(25)24-12-4-5-16-13-18(10-11-19(16)24)23-21(26)22-17-8-6-15(3)7-9-17/h6-11,13-14H,4-5,12H2,1-3H3,(H2,22,23,26). The molecule has 5 nitrogen and oxygen atoms in total. The molecule has 1 aliphatic rings. The molecule has 0 aliphatic carbocycles. The van der Waals surface area contributed by atoms with Crippen molar-refractivity contribution in [3.8, 4) is 0 Å². The summed E-state index contributed by atoms with van der Waals surface area (Å²) >= 11 is 0. The van der Waals surface area contributed by atoms with Crippen LogP contribution >= 0.6 is 0 Å². The maximum absolute atomic E-state index is 12.4. The fourth-order valence-corrected chi connectivity index (χ4v) is 3.15. The van der Waals surface area contributed by atoms with Gasteiger partial charge in [0.25, 0.3) is 0 Å². The Morgan fingerprint density at radius 3 is 2.35 bits per heavy atom. The molecule has 1 heterocycles. The van der Waals surface area contributed by atoms with Gasteiger partial charge < -0.3 is 15.5 Å². The number of nitrogens with one attached hydrogen (secondary N) is 2. The van der Waals surface area contributed by atoms with Crippen molar-refractivity contribution in [2.75, 3.05) is 22.1 Å². The van der Waals surface area contributed by atoms with Crippen molar-refractivity contribution in [2.45, 2.75) is 33.6 Å². The zero-order valence-corrected chi connectivity index (χ0v) is 15.5. The minimum absolute atomic E-state index is 0.0287. The van der Waals surface area contributed by atoms with Crippen molar-refractivity contribution in [3.63, 3.8) is 0 Å². The highest BCUT2D eigenvalue weighted by Crippen LogP contribution is 2.30. The molecule has 0 radical (unpaired) electrons. The van der Waals surface area contributed by atoms with Gasteiger partial charge >= 0.3 is 6.03 Å². The number of anilines is 3. The molecule has 3 amide bonds. The molecule has 136 valence electrons. The second-order valence-corrected chi connectivity index (χ2v) is 7.04. The second-order valence-electron chi connectivity index (χ2n) is 7.04. The SMILES string of the molecule is Cc1ccc(NC(=O)Nc2ccc3c(c2)CCCN3C(=O)C(C)C)cc1. The number of rotatable bonds is 3. The number of carbonyl (C=O) groups is 2. The molecule has 3 rings (SSSR count). The number of nitrogens with zero attached hydrogens (tertiary/aromatic N) is 1. The van der Waals surface area contributed by atoms with Crippen LogP contribution in [0.1, 0.15) is 31.4 Å². The third-order valence-electron chi connectivity index (χ3n) is 4.53. The van der Waals surface area contributed by atoms with Crippen LogP contribution in [0.2, 0.25) is 0 Å². The number of carbonyl (C=O) groups excluding carboxylic acids is 2. The smallest absolute Gasteiger partial charge is 0.312 e. The molecule has 0 saturated carbocycles. The molecule has 5 heteroatoms. The zero-order chi connectivity index (χ0) is 18.7. The minimum atomic E-state index is -0.278. The lowest BCUT2D eigenvalue weighted by Crippen LogP contribution is -2.38. The first-order valence-electron chi connectivity index (χ1n) is 9.03. The number of benzene rings is 2. The number of amides is 3. The van der Waals surface area contributed by atoms with Crippen molar-refractivity contribution in [1.29, 1.82) is 0 Å². The Morgan fingerprint density at radius 1 is 1.00 bits per heavy atom. The van der Waals surface area contributed by atoms with E-state index in [1.54, 1.807) is 0 Å². The Bertz CT molecular complexity index is 813. The fraction of sp³-hybridized carbons (Fsp3) is 0.333. The summed E-state index contributed by atoms with van der Waals surface area (Å²) in [4.78, 5) is 26.5. The number of urea groups is 1. The highest BCUT2D eigenvalue weighted by molar-refractivity contribution is 6.00. The highest BCUT2D eigenvalue weighted by Gasteiger charge is 2.24. The summed E-state index contributed by atoms with van der Waals surface area (Å²) in [5.74, 6) is 0.114. The summed E-state index contributed by atoms with van der Waals surface area (Å²) in [6.45, 7) is 6.60. The number of hydrogen-bond donors (Lipinski definition) is 2. The Hall–Kier alpha value is -2.82. The zero-order valence-electron chi connectivity index (χ0n) is 15.5. The first kappa shape index (κ1) is 18.0. The Labute approximate surface area is 154 Å².